The molecular weight excluding hydrogens is 298 g/mol. The molecule has 0 amide bonds. The zero-order valence-electron chi connectivity index (χ0n) is 11.4. The van der Waals surface area contributed by atoms with Gasteiger partial charge in [0.2, 0.25) is 10.0 Å². The summed E-state index contributed by atoms with van der Waals surface area (Å²) in [5.74, 6) is 0.307. The van der Waals surface area contributed by atoms with Crippen LogP contribution >= 0.6 is 11.6 Å². The Balaban J connectivity index is 3.12. The number of nitrogens with two attached hydrogens (primary N) is 1. The summed E-state index contributed by atoms with van der Waals surface area (Å²) < 4.78 is 27.2. The smallest absolute Gasteiger partial charge is 0.242 e. The molecule has 0 aliphatic rings. The molecule has 1 rings (SSSR count). The fourth-order valence-electron chi connectivity index (χ4n) is 1.88. The van der Waals surface area contributed by atoms with Gasteiger partial charge in [-0.15, -0.1) is 0 Å². The zero-order valence-corrected chi connectivity index (χ0v) is 13.0. The van der Waals surface area contributed by atoms with Gasteiger partial charge in [0, 0.05) is 12.6 Å². The number of benzene rings is 1. The van der Waals surface area contributed by atoms with Crippen LogP contribution < -0.4 is 10.5 Å². The lowest BCUT2D eigenvalue weighted by molar-refractivity contribution is 0.465. The highest BCUT2D eigenvalue weighted by Crippen LogP contribution is 2.23. The van der Waals surface area contributed by atoms with E-state index in [0.717, 1.165) is 0 Å². The van der Waals surface area contributed by atoms with E-state index in [1.807, 2.05) is 19.9 Å². The number of halogens is 1. The van der Waals surface area contributed by atoms with Crippen molar-refractivity contribution in [1.82, 2.24) is 4.72 Å². The summed E-state index contributed by atoms with van der Waals surface area (Å²) >= 11 is 5.85. The van der Waals surface area contributed by atoms with Crippen LogP contribution in [0.2, 0.25) is 5.02 Å². The van der Waals surface area contributed by atoms with Gasteiger partial charge in [0.15, 0.2) is 0 Å². The number of nitrogens with one attached hydrogen (secondary N) is 1. The molecule has 0 saturated carbocycles. The largest absolute Gasteiger partial charge is 0.329 e. The van der Waals surface area contributed by atoms with Crippen LogP contribution in [0.5, 0.6) is 0 Å². The number of nitrogens with zero attached hydrogens (tertiary/aromatic N) is 1. The molecule has 0 spiro atoms. The van der Waals surface area contributed by atoms with Crippen LogP contribution in [0.1, 0.15) is 25.8 Å². The fourth-order valence-corrected chi connectivity index (χ4v) is 3.59. The van der Waals surface area contributed by atoms with Gasteiger partial charge < -0.3 is 5.73 Å². The third-order valence-corrected chi connectivity index (χ3v) is 4.62. The zero-order chi connectivity index (χ0) is 15.3. The molecule has 1 aromatic rings. The monoisotopic (exact) mass is 315 g/mol. The van der Waals surface area contributed by atoms with E-state index >= 15 is 0 Å². The molecule has 7 heteroatoms. The number of nitriles is 1. The maximum Gasteiger partial charge on any atom is 0.242 e. The first-order valence-electron chi connectivity index (χ1n) is 6.22. The first-order valence-corrected chi connectivity index (χ1v) is 8.09. The van der Waals surface area contributed by atoms with Crippen molar-refractivity contribution in [3.63, 3.8) is 0 Å². The molecule has 0 fully saturated rings. The maximum absolute atomic E-state index is 12.3. The average Bonchev–Trinajstić information content (AvgIpc) is 2.36. The van der Waals surface area contributed by atoms with Crippen molar-refractivity contribution in [1.29, 1.82) is 5.26 Å². The lowest BCUT2D eigenvalue weighted by atomic mass is 10.1. The number of hydrogen-bond donors (Lipinski definition) is 2. The molecule has 3 N–H and O–H groups in total. The van der Waals surface area contributed by atoms with Gasteiger partial charge >= 0.3 is 0 Å². The SMILES string of the molecule is CC(C)CC(CN)NS(=O)(=O)c1cccc(Cl)c1C#N. The Morgan fingerprint density at radius 2 is 2.10 bits per heavy atom. The van der Waals surface area contributed by atoms with Crippen LogP contribution in [0.15, 0.2) is 23.1 Å². The summed E-state index contributed by atoms with van der Waals surface area (Å²) in [4.78, 5) is -0.116. The second-order valence-electron chi connectivity index (χ2n) is 4.91. The van der Waals surface area contributed by atoms with Gasteiger partial charge in [-0.2, -0.15) is 5.26 Å². The van der Waals surface area contributed by atoms with Gasteiger partial charge in [0.25, 0.3) is 0 Å². The highest BCUT2D eigenvalue weighted by Gasteiger charge is 2.24. The van der Waals surface area contributed by atoms with Gasteiger partial charge in [-0.05, 0) is 24.5 Å². The van der Waals surface area contributed by atoms with Crippen molar-refractivity contribution in [2.75, 3.05) is 6.54 Å². The molecule has 110 valence electrons. The molecular formula is C13H18ClN3O2S. The molecule has 0 aromatic heterocycles. The van der Waals surface area contributed by atoms with E-state index in [9.17, 15) is 8.42 Å². The van der Waals surface area contributed by atoms with Gasteiger partial charge in [0.1, 0.15) is 11.0 Å². The molecule has 0 saturated heterocycles. The van der Waals surface area contributed by atoms with E-state index in [1.54, 1.807) is 0 Å². The Kier molecular flexibility index (Phi) is 5.96. The second kappa shape index (κ2) is 7.04. The van der Waals surface area contributed by atoms with Gasteiger partial charge in [-0.1, -0.05) is 31.5 Å². The Labute approximate surface area is 124 Å². The van der Waals surface area contributed by atoms with Crippen molar-refractivity contribution < 1.29 is 8.42 Å². The van der Waals surface area contributed by atoms with Crippen molar-refractivity contribution in [3.8, 4) is 6.07 Å². The molecule has 0 aliphatic carbocycles. The summed E-state index contributed by atoms with van der Waals surface area (Å²) in [6, 6.07) is 5.78. The normalized spacial score (nSPS) is 13.2. The van der Waals surface area contributed by atoms with Gasteiger partial charge in [-0.25, -0.2) is 13.1 Å². The quantitative estimate of drug-likeness (QED) is 0.837. The topological polar surface area (TPSA) is 96.0 Å². The molecule has 20 heavy (non-hydrogen) atoms. The highest BCUT2D eigenvalue weighted by molar-refractivity contribution is 7.89. The average molecular weight is 316 g/mol. The number of rotatable bonds is 6. The minimum Gasteiger partial charge on any atom is -0.329 e. The lowest BCUT2D eigenvalue weighted by Gasteiger charge is -2.19. The maximum atomic E-state index is 12.3. The Morgan fingerprint density at radius 1 is 1.45 bits per heavy atom. The van der Waals surface area contributed by atoms with E-state index in [-0.39, 0.29) is 28.1 Å². The first kappa shape index (κ1) is 16.9. The van der Waals surface area contributed by atoms with Crippen LogP contribution in [0, 0.1) is 17.2 Å². The molecule has 1 atom stereocenters. The predicted molar refractivity (Wildman–Crippen MR) is 78.8 cm³/mol. The second-order valence-corrected chi connectivity index (χ2v) is 7.00. The van der Waals surface area contributed by atoms with E-state index in [0.29, 0.717) is 12.3 Å². The van der Waals surface area contributed by atoms with E-state index < -0.39 is 10.0 Å². The van der Waals surface area contributed by atoms with E-state index in [1.165, 1.54) is 18.2 Å². The number of sulfonamides is 1. The predicted octanol–water partition coefficient (Wildman–Crippen LogP) is 1.86. The molecule has 1 aromatic carbocycles. The van der Waals surface area contributed by atoms with Crippen molar-refractivity contribution in [2.24, 2.45) is 11.7 Å². The van der Waals surface area contributed by atoms with Gasteiger partial charge in [0.05, 0.1) is 10.6 Å². The van der Waals surface area contributed by atoms with Crippen molar-refractivity contribution in [2.45, 2.75) is 31.2 Å². The summed E-state index contributed by atoms with van der Waals surface area (Å²) in [5, 5.41) is 9.16. The number of hydrogen-bond acceptors (Lipinski definition) is 4. The summed E-state index contributed by atoms with van der Waals surface area (Å²) in [7, 11) is -3.82. The van der Waals surface area contributed by atoms with Crippen LogP contribution in [-0.4, -0.2) is 21.0 Å². The van der Waals surface area contributed by atoms with Crippen LogP contribution in [-0.2, 0) is 10.0 Å². The van der Waals surface area contributed by atoms with Crippen LogP contribution in [0.3, 0.4) is 0 Å². The molecule has 0 radical (unpaired) electrons. The first-order chi connectivity index (χ1) is 9.31. The Hall–Kier alpha value is -1.13. The summed E-state index contributed by atoms with van der Waals surface area (Å²) in [6.07, 6.45) is 0.623. The fraction of sp³-hybridized carbons (Fsp3) is 0.462. The molecule has 0 bridgehead atoms. The molecule has 5 nitrogen and oxygen atoms in total. The van der Waals surface area contributed by atoms with Crippen molar-refractivity contribution in [3.05, 3.63) is 28.8 Å². The Bertz CT molecular complexity index is 609. The third-order valence-electron chi connectivity index (χ3n) is 2.74. The minimum absolute atomic E-state index is 0.0537. The lowest BCUT2D eigenvalue weighted by Crippen LogP contribution is -2.41. The molecule has 0 aliphatic heterocycles. The molecule has 0 heterocycles. The molecule has 1 unspecified atom stereocenters. The van der Waals surface area contributed by atoms with Crippen molar-refractivity contribution >= 4 is 21.6 Å². The van der Waals surface area contributed by atoms with E-state index in [4.69, 9.17) is 22.6 Å². The summed E-state index contributed by atoms with van der Waals surface area (Å²) in [5.41, 5.74) is 5.54. The van der Waals surface area contributed by atoms with Crippen LogP contribution in [0.25, 0.3) is 0 Å². The Morgan fingerprint density at radius 3 is 2.60 bits per heavy atom. The highest BCUT2D eigenvalue weighted by atomic mass is 35.5. The summed E-state index contributed by atoms with van der Waals surface area (Å²) in [6.45, 7) is 4.16. The minimum atomic E-state index is -3.82. The van der Waals surface area contributed by atoms with Gasteiger partial charge in [-0.3, -0.25) is 0 Å². The van der Waals surface area contributed by atoms with Crippen LogP contribution in [0.4, 0.5) is 0 Å². The third kappa shape index (κ3) is 4.18. The van der Waals surface area contributed by atoms with E-state index in [2.05, 4.69) is 4.72 Å². The standard InChI is InChI=1S/C13H18ClN3O2S/c1-9(2)6-10(7-15)17-20(18,19)13-5-3-4-12(14)11(13)8-16/h3-5,9-10,17H,6-7,15H2,1-2H3.